The number of rotatable bonds is 6. The van der Waals surface area contributed by atoms with Crippen LogP contribution in [-0.4, -0.2) is 31.2 Å². The van der Waals surface area contributed by atoms with Gasteiger partial charge in [-0.25, -0.2) is 10.2 Å². The molecule has 0 atom stereocenters. The Morgan fingerprint density at radius 2 is 2.22 bits per heavy atom. The lowest BCUT2D eigenvalue weighted by molar-refractivity contribution is -0.135. The Bertz CT molecular complexity index is 410. The van der Waals surface area contributed by atoms with Gasteiger partial charge in [0.1, 0.15) is 6.61 Å². The molecule has 0 aliphatic rings. The van der Waals surface area contributed by atoms with Crippen LogP contribution in [0, 0.1) is 5.82 Å². The van der Waals surface area contributed by atoms with Crippen molar-refractivity contribution in [2.24, 2.45) is 5.84 Å². The number of carbonyl (C=O) groups is 1. The summed E-state index contributed by atoms with van der Waals surface area (Å²) >= 11 is 0. The number of nitrogens with two attached hydrogens (primary N) is 1. The third-order valence-electron chi connectivity index (χ3n) is 2.18. The van der Waals surface area contributed by atoms with Gasteiger partial charge in [0.05, 0.1) is 13.2 Å². The zero-order valence-corrected chi connectivity index (χ0v) is 10.5. The molecule has 1 aromatic rings. The molecule has 6 heteroatoms. The van der Waals surface area contributed by atoms with E-state index >= 15 is 0 Å². The zero-order valence-electron chi connectivity index (χ0n) is 10.5. The van der Waals surface area contributed by atoms with Gasteiger partial charge in [0.15, 0.2) is 11.6 Å². The fourth-order valence-electron chi connectivity index (χ4n) is 1.26. The van der Waals surface area contributed by atoms with Crippen molar-refractivity contribution in [2.45, 2.75) is 13.5 Å². The van der Waals surface area contributed by atoms with E-state index in [1.807, 2.05) is 0 Å². The van der Waals surface area contributed by atoms with Crippen molar-refractivity contribution in [2.75, 3.05) is 20.3 Å². The molecule has 0 radical (unpaired) electrons. The number of hydrogen-bond acceptors (Lipinski definition) is 4. The van der Waals surface area contributed by atoms with Crippen LogP contribution >= 0.6 is 0 Å². The standard InChI is InChI=1S/C12H17FN2O3/c1-3-18-11-5-4-9(6-10(11)13)7-17-8-12(16)15(2)14/h4-6H,3,7-8,14H2,1-2H3. The lowest BCUT2D eigenvalue weighted by atomic mass is 10.2. The number of carbonyl (C=O) groups excluding carboxylic acids is 1. The molecular weight excluding hydrogens is 239 g/mol. The molecule has 0 aromatic heterocycles. The molecule has 0 bridgehead atoms. The Balaban J connectivity index is 2.48. The summed E-state index contributed by atoms with van der Waals surface area (Å²) in [7, 11) is 1.43. The summed E-state index contributed by atoms with van der Waals surface area (Å²) in [6.07, 6.45) is 0. The summed E-state index contributed by atoms with van der Waals surface area (Å²) in [6, 6.07) is 4.54. The van der Waals surface area contributed by atoms with Gasteiger partial charge in [-0.2, -0.15) is 0 Å². The van der Waals surface area contributed by atoms with Crippen LogP contribution in [0.5, 0.6) is 5.75 Å². The van der Waals surface area contributed by atoms with Crippen LogP contribution in [0.2, 0.25) is 0 Å². The van der Waals surface area contributed by atoms with Crippen LogP contribution in [0.25, 0.3) is 0 Å². The fraction of sp³-hybridized carbons (Fsp3) is 0.417. The second-order valence-electron chi connectivity index (χ2n) is 3.70. The van der Waals surface area contributed by atoms with Crippen molar-refractivity contribution in [3.8, 4) is 5.75 Å². The highest BCUT2D eigenvalue weighted by Crippen LogP contribution is 2.18. The average molecular weight is 256 g/mol. The van der Waals surface area contributed by atoms with Gasteiger partial charge in [-0.15, -0.1) is 0 Å². The molecule has 0 spiro atoms. The monoisotopic (exact) mass is 256 g/mol. The molecule has 0 aliphatic heterocycles. The summed E-state index contributed by atoms with van der Waals surface area (Å²) in [6.45, 7) is 2.19. The predicted octanol–water partition coefficient (Wildman–Crippen LogP) is 1.07. The lowest BCUT2D eigenvalue weighted by Gasteiger charge is -2.10. The molecular formula is C12H17FN2O3. The first-order valence-electron chi connectivity index (χ1n) is 5.54. The Morgan fingerprint density at radius 1 is 1.50 bits per heavy atom. The highest BCUT2D eigenvalue weighted by atomic mass is 19.1. The normalized spacial score (nSPS) is 10.2. The van der Waals surface area contributed by atoms with Gasteiger partial charge in [0.2, 0.25) is 0 Å². The average Bonchev–Trinajstić information content (AvgIpc) is 2.32. The number of likely N-dealkylation sites (N-methyl/N-ethyl adjacent to an activating group) is 1. The van der Waals surface area contributed by atoms with E-state index in [9.17, 15) is 9.18 Å². The molecule has 0 saturated heterocycles. The van der Waals surface area contributed by atoms with E-state index in [2.05, 4.69) is 0 Å². The van der Waals surface area contributed by atoms with Crippen molar-refractivity contribution in [1.82, 2.24) is 5.01 Å². The summed E-state index contributed by atoms with van der Waals surface area (Å²) < 4.78 is 23.7. The number of benzene rings is 1. The maximum Gasteiger partial charge on any atom is 0.262 e. The minimum atomic E-state index is -0.444. The van der Waals surface area contributed by atoms with Crippen LogP contribution in [0.4, 0.5) is 4.39 Å². The number of ether oxygens (including phenoxy) is 2. The third kappa shape index (κ3) is 4.31. The first-order chi connectivity index (χ1) is 8.54. The molecule has 0 unspecified atom stereocenters. The van der Waals surface area contributed by atoms with Gasteiger partial charge < -0.3 is 9.47 Å². The molecule has 100 valence electrons. The van der Waals surface area contributed by atoms with E-state index in [0.29, 0.717) is 12.2 Å². The van der Waals surface area contributed by atoms with E-state index in [-0.39, 0.29) is 24.9 Å². The van der Waals surface area contributed by atoms with Crippen molar-refractivity contribution in [3.63, 3.8) is 0 Å². The largest absolute Gasteiger partial charge is 0.491 e. The first kappa shape index (κ1) is 14.4. The van der Waals surface area contributed by atoms with Crippen LogP contribution in [-0.2, 0) is 16.1 Å². The van der Waals surface area contributed by atoms with Gasteiger partial charge >= 0.3 is 0 Å². The number of nitrogens with zero attached hydrogens (tertiary/aromatic N) is 1. The Hall–Kier alpha value is -1.66. The smallest absolute Gasteiger partial charge is 0.262 e. The SMILES string of the molecule is CCOc1ccc(COCC(=O)N(C)N)cc1F. The molecule has 0 saturated carbocycles. The van der Waals surface area contributed by atoms with Gasteiger partial charge in [0, 0.05) is 7.05 Å². The number of hydrogen-bond donors (Lipinski definition) is 1. The second kappa shape index (κ2) is 6.93. The third-order valence-corrected chi connectivity index (χ3v) is 2.18. The minimum Gasteiger partial charge on any atom is -0.491 e. The lowest BCUT2D eigenvalue weighted by Crippen LogP contribution is -2.35. The van der Waals surface area contributed by atoms with Crippen molar-refractivity contribution < 1.29 is 18.7 Å². The number of hydrazine groups is 1. The second-order valence-corrected chi connectivity index (χ2v) is 3.70. The van der Waals surface area contributed by atoms with E-state index in [1.165, 1.54) is 19.2 Å². The fourth-order valence-corrected chi connectivity index (χ4v) is 1.26. The topological polar surface area (TPSA) is 64.8 Å². The van der Waals surface area contributed by atoms with E-state index in [0.717, 1.165) is 5.01 Å². The maximum absolute atomic E-state index is 13.5. The first-order valence-corrected chi connectivity index (χ1v) is 5.54. The predicted molar refractivity (Wildman–Crippen MR) is 64.2 cm³/mol. The quantitative estimate of drug-likeness (QED) is 0.470. The van der Waals surface area contributed by atoms with Gasteiger partial charge in [0.25, 0.3) is 5.91 Å². The molecule has 1 aromatic carbocycles. The molecule has 0 fully saturated rings. The molecule has 1 rings (SSSR count). The molecule has 0 aliphatic carbocycles. The summed E-state index contributed by atoms with van der Waals surface area (Å²) in [5.74, 6) is 4.64. The van der Waals surface area contributed by atoms with Crippen molar-refractivity contribution in [3.05, 3.63) is 29.6 Å². The summed E-state index contributed by atoms with van der Waals surface area (Å²) in [4.78, 5) is 11.1. The molecule has 18 heavy (non-hydrogen) atoms. The highest BCUT2D eigenvalue weighted by Gasteiger charge is 2.07. The van der Waals surface area contributed by atoms with Crippen molar-refractivity contribution in [1.29, 1.82) is 0 Å². The zero-order chi connectivity index (χ0) is 13.5. The van der Waals surface area contributed by atoms with E-state index in [1.54, 1.807) is 13.0 Å². The molecule has 2 N–H and O–H groups in total. The molecule has 1 amide bonds. The highest BCUT2D eigenvalue weighted by molar-refractivity contribution is 5.76. The van der Waals surface area contributed by atoms with E-state index < -0.39 is 5.82 Å². The summed E-state index contributed by atoms with van der Waals surface area (Å²) in [5, 5.41) is 0.943. The maximum atomic E-state index is 13.5. The van der Waals surface area contributed by atoms with Gasteiger partial charge in [-0.05, 0) is 24.6 Å². The van der Waals surface area contributed by atoms with Crippen LogP contribution in [0.1, 0.15) is 12.5 Å². The Labute approximate surface area is 105 Å². The summed E-state index contributed by atoms with van der Waals surface area (Å²) in [5.41, 5.74) is 0.628. The van der Waals surface area contributed by atoms with Gasteiger partial charge in [-0.3, -0.25) is 9.80 Å². The van der Waals surface area contributed by atoms with Gasteiger partial charge in [-0.1, -0.05) is 6.07 Å². The van der Waals surface area contributed by atoms with E-state index in [4.69, 9.17) is 15.3 Å². The Kier molecular flexibility index (Phi) is 5.54. The molecule has 5 nitrogen and oxygen atoms in total. The molecule has 0 heterocycles. The number of amides is 1. The van der Waals surface area contributed by atoms with Crippen LogP contribution < -0.4 is 10.6 Å². The van der Waals surface area contributed by atoms with Crippen LogP contribution in [0.15, 0.2) is 18.2 Å². The number of halogens is 1. The van der Waals surface area contributed by atoms with Crippen LogP contribution in [0.3, 0.4) is 0 Å². The van der Waals surface area contributed by atoms with Crippen molar-refractivity contribution >= 4 is 5.91 Å². The minimum absolute atomic E-state index is 0.137. The Morgan fingerprint density at radius 3 is 2.78 bits per heavy atom.